The predicted molar refractivity (Wildman–Crippen MR) is 125 cm³/mol. The fourth-order valence-electron chi connectivity index (χ4n) is 2.75. The molecule has 0 aliphatic heterocycles. The van der Waals surface area contributed by atoms with Gasteiger partial charge in [0.1, 0.15) is 0 Å². The largest absolute Gasteiger partial charge is 0.504 e. The quantitative estimate of drug-likeness (QED) is 0.177. The van der Waals surface area contributed by atoms with Crippen LogP contribution in [-0.2, 0) is 17.9 Å². The van der Waals surface area contributed by atoms with Gasteiger partial charge in [-0.1, -0.05) is 42.1 Å². The van der Waals surface area contributed by atoms with Gasteiger partial charge in [0.15, 0.2) is 22.5 Å². The SMILES string of the molecule is C=CCn1c(CNc2ccccc2)nnc1SCC(=O)N/N=C\c1cccc(OC)c1O. The lowest BCUT2D eigenvalue weighted by Crippen LogP contribution is -2.20. The van der Waals surface area contributed by atoms with Crippen molar-refractivity contribution >= 4 is 29.6 Å². The van der Waals surface area contributed by atoms with Crippen molar-refractivity contribution in [2.75, 3.05) is 18.2 Å². The standard InChI is InChI=1S/C22H24N6O3S/c1-3-12-28-19(14-23-17-9-5-4-6-10-17)25-27-22(28)32-15-20(29)26-24-13-16-8-7-11-18(31-2)21(16)30/h3-11,13,23,30H,1,12,14-15H2,2H3,(H,26,29)/b24-13-. The van der Waals surface area contributed by atoms with E-state index < -0.39 is 0 Å². The summed E-state index contributed by atoms with van der Waals surface area (Å²) in [6, 6.07) is 14.8. The number of benzene rings is 2. The van der Waals surface area contributed by atoms with Crippen LogP contribution in [-0.4, -0.2) is 44.9 Å². The van der Waals surface area contributed by atoms with Crippen LogP contribution >= 0.6 is 11.8 Å². The number of methoxy groups -OCH3 is 1. The molecule has 0 fully saturated rings. The van der Waals surface area contributed by atoms with Gasteiger partial charge < -0.3 is 19.7 Å². The number of aromatic hydroxyl groups is 1. The highest BCUT2D eigenvalue weighted by molar-refractivity contribution is 7.99. The molecular weight excluding hydrogens is 428 g/mol. The highest BCUT2D eigenvalue weighted by Crippen LogP contribution is 2.27. The summed E-state index contributed by atoms with van der Waals surface area (Å²) < 4.78 is 6.95. The number of carbonyl (C=O) groups excluding carboxylic acids is 1. The number of phenolic OH excluding ortho intramolecular Hbond substituents is 1. The van der Waals surface area contributed by atoms with Crippen molar-refractivity contribution in [3.8, 4) is 11.5 Å². The van der Waals surface area contributed by atoms with Gasteiger partial charge in [0.25, 0.3) is 5.91 Å². The average molecular weight is 453 g/mol. The van der Waals surface area contributed by atoms with Crippen molar-refractivity contribution in [2.24, 2.45) is 5.10 Å². The van der Waals surface area contributed by atoms with Crippen molar-refractivity contribution in [3.63, 3.8) is 0 Å². The zero-order valence-electron chi connectivity index (χ0n) is 17.6. The lowest BCUT2D eigenvalue weighted by atomic mass is 10.2. The summed E-state index contributed by atoms with van der Waals surface area (Å²) in [6.45, 7) is 4.80. The summed E-state index contributed by atoms with van der Waals surface area (Å²) in [5, 5.41) is 26.3. The Morgan fingerprint density at radius 1 is 1.25 bits per heavy atom. The second-order valence-electron chi connectivity index (χ2n) is 6.50. The van der Waals surface area contributed by atoms with E-state index in [-0.39, 0.29) is 17.4 Å². The summed E-state index contributed by atoms with van der Waals surface area (Å²) in [7, 11) is 1.46. The Labute approximate surface area is 190 Å². The van der Waals surface area contributed by atoms with Crippen LogP contribution < -0.4 is 15.5 Å². The molecule has 1 heterocycles. The molecule has 0 aliphatic rings. The smallest absolute Gasteiger partial charge is 0.250 e. The van der Waals surface area contributed by atoms with Crippen LogP contribution in [0, 0.1) is 0 Å². The van der Waals surface area contributed by atoms with E-state index in [9.17, 15) is 9.90 Å². The van der Waals surface area contributed by atoms with Gasteiger partial charge in [-0.3, -0.25) is 4.79 Å². The Morgan fingerprint density at radius 2 is 2.06 bits per heavy atom. The van der Waals surface area contributed by atoms with E-state index >= 15 is 0 Å². The van der Waals surface area contributed by atoms with Gasteiger partial charge in [0, 0.05) is 17.8 Å². The van der Waals surface area contributed by atoms with Gasteiger partial charge in [0.05, 0.1) is 25.6 Å². The monoisotopic (exact) mass is 452 g/mol. The van der Waals surface area contributed by atoms with E-state index in [2.05, 4.69) is 32.6 Å². The van der Waals surface area contributed by atoms with Gasteiger partial charge >= 0.3 is 0 Å². The molecule has 0 saturated heterocycles. The summed E-state index contributed by atoms with van der Waals surface area (Å²) in [5.41, 5.74) is 3.85. The van der Waals surface area contributed by atoms with Crippen LogP contribution in [0.4, 0.5) is 5.69 Å². The van der Waals surface area contributed by atoms with Crippen LogP contribution in [0.2, 0.25) is 0 Å². The van der Waals surface area contributed by atoms with E-state index in [1.165, 1.54) is 25.1 Å². The number of phenols is 1. The minimum absolute atomic E-state index is 0.0449. The molecule has 9 nitrogen and oxygen atoms in total. The number of nitrogens with zero attached hydrogens (tertiary/aromatic N) is 4. The Bertz CT molecular complexity index is 1080. The molecule has 0 unspecified atom stereocenters. The van der Waals surface area contributed by atoms with Crippen LogP contribution in [0.25, 0.3) is 0 Å². The number of para-hydroxylation sites is 2. The summed E-state index contributed by atoms with van der Waals surface area (Å²) >= 11 is 1.25. The first-order chi connectivity index (χ1) is 15.6. The molecule has 0 spiro atoms. The van der Waals surface area contributed by atoms with E-state index in [0.717, 1.165) is 11.5 Å². The number of hydrazone groups is 1. The molecule has 1 aromatic heterocycles. The molecule has 32 heavy (non-hydrogen) atoms. The zero-order valence-corrected chi connectivity index (χ0v) is 18.4. The number of aromatic nitrogens is 3. The molecule has 0 saturated carbocycles. The van der Waals surface area contributed by atoms with Gasteiger partial charge in [-0.25, -0.2) is 5.43 Å². The number of hydrogen-bond donors (Lipinski definition) is 3. The first-order valence-electron chi connectivity index (χ1n) is 9.75. The fourth-order valence-corrected chi connectivity index (χ4v) is 3.51. The number of amides is 1. The van der Waals surface area contributed by atoms with Gasteiger partial charge in [-0.15, -0.1) is 16.8 Å². The third kappa shape index (κ3) is 6.11. The third-order valence-electron chi connectivity index (χ3n) is 4.30. The first-order valence-corrected chi connectivity index (χ1v) is 10.7. The molecule has 10 heteroatoms. The van der Waals surface area contributed by atoms with E-state index in [0.29, 0.717) is 29.6 Å². The van der Waals surface area contributed by atoms with Crippen molar-refractivity contribution in [2.45, 2.75) is 18.2 Å². The molecule has 3 N–H and O–H groups in total. The predicted octanol–water partition coefficient (Wildman–Crippen LogP) is 3.03. The van der Waals surface area contributed by atoms with Gasteiger partial charge in [-0.2, -0.15) is 5.10 Å². The molecule has 0 aliphatic carbocycles. The zero-order chi connectivity index (χ0) is 22.8. The molecule has 0 radical (unpaired) electrons. The average Bonchev–Trinajstić information content (AvgIpc) is 3.20. The number of hydrogen-bond acceptors (Lipinski definition) is 8. The second-order valence-corrected chi connectivity index (χ2v) is 7.44. The number of carbonyl (C=O) groups is 1. The normalized spacial score (nSPS) is 10.8. The molecule has 1 amide bonds. The Kier molecular flexibility index (Phi) is 8.27. The summed E-state index contributed by atoms with van der Waals surface area (Å²) in [5.74, 6) is 0.809. The number of ether oxygens (including phenoxy) is 1. The minimum atomic E-state index is -0.314. The van der Waals surface area contributed by atoms with Crippen LogP contribution in [0.15, 0.2) is 71.4 Å². The Balaban J connectivity index is 1.56. The Morgan fingerprint density at radius 3 is 2.81 bits per heavy atom. The fraction of sp³-hybridized carbons (Fsp3) is 0.182. The van der Waals surface area contributed by atoms with Crippen molar-refractivity contribution in [1.29, 1.82) is 0 Å². The second kappa shape index (κ2) is 11.6. The highest BCUT2D eigenvalue weighted by atomic mass is 32.2. The van der Waals surface area contributed by atoms with Crippen molar-refractivity contribution in [3.05, 3.63) is 72.6 Å². The Hall–Kier alpha value is -3.79. The highest BCUT2D eigenvalue weighted by Gasteiger charge is 2.13. The van der Waals surface area contributed by atoms with E-state index in [1.807, 2.05) is 34.9 Å². The topological polar surface area (TPSA) is 114 Å². The molecular formula is C22H24N6O3S. The van der Waals surface area contributed by atoms with E-state index in [4.69, 9.17) is 4.74 Å². The van der Waals surface area contributed by atoms with Crippen LogP contribution in [0.3, 0.4) is 0 Å². The summed E-state index contributed by atoms with van der Waals surface area (Å²) in [6.07, 6.45) is 3.11. The molecule has 0 bridgehead atoms. The maximum Gasteiger partial charge on any atom is 0.250 e. The lowest BCUT2D eigenvalue weighted by Gasteiger charge is -2.09. The number of anilines is 1. The maximum atomic E-state index is 12.2. The van der Waals surface area contributed by atoms with E-state index in [1.54, 1.807) is 24.3 Å². The lowest BCUT2D eigenvalue weighted by molar-refractivity contribution is -0.118. The number of rotatable bonds is 11. The maximum absolute atomic E-state index is 12.2. The molecule has 0 atom stereocenters. The number of allylic oxidation sites excluding steroid dienone is 1. The third-order valence-corrected chi connectivity index (χ3v) is 5.27. The van der Waals surface area contributed by atoms with Crippen molar-refractivity contribution < 1.29 is 14.6 Å². The molecule has 3 rings (SSSR count). The van der Waals surface area contributed by atoms with Crippen LogP contribution in [0.5, 0.6) is 11.5 Å². The minimum Gasteiger partial charge on any atom is -0.504 e. The van der Waals surface area contributed by atoms with Gasteiger partial charge in [-0.05, 0) is 24.3 Å². The number of nitrogens with one attached hydrogen (secondary N) is 2. The van der Waals surface area contributed by atoms with Crippen molar-refractivity contribution in [1.82, 2.24) is 20.2 Å². The molecule has 166 valence electrons. The summed E-state index contributed by atoms with van der Waals surface area (Å²) in [4.78, 5) is 12.2. The van der Waals surface area contributed by atoms with Gasteiger partial charge in [0.2, 0.25) is 0 Å². The molecule has 2 aromatic carbocycles. The first kappa shape index (κ1) is 22.9. The molecule has 3 aromatic rings. The van der Waals surface area contributed by atoms with Crippen LogP contribution in [0.1, 0.15) is 11.4 Å². The number of thioether (sulfide) groups is 1.